The second kappa shape index (κ2) is 6.90. The van der Waals surface area contributed by atoms with Crippen LogP contribution in [0.4, 0.5) is 0 Å². The van der Waals surface area contributed by atoms with E-state index >= 15 is 0 Å². The van der Waals surface area contributed by atoms with Crippen molar-refractivity contribution in [3.8, 4) is 11.7 Å². The smallest absolute Gasteiger partial charge is 0.325 e. The molecular formula is C14H19N2O3P. The van der Waals surface area contributed by atoms with Crippen molar-refractivity contribution in [2.45, 2.75) is 25.3 Å². The maximum atomic E-state index is 12.0. The highest BCUT2D eigenvalue weighted by atomic mass is 31.2. The van der Waals surface area contributed by atoms with Gasteiger partial charge in [-0.1, -0.05) is 6.07 Å². The van der Waals surface area contributed by atoms with Crippen LogP contribution in [0, 0.1) is 11.7 Å². The molecule has 108 valence electrons. The fourth-order valence-corrected chi connectivity index (χ4v) is 2.86. The van der Waals surface area contributed by atoms with Gasteiger partial charge in [0.05, 0.1) is 6.04 Å². The van der Waals surface area contributed by atoms with E-state index in [9.17, 15) is 4.57 Å². The van der Waals surface area contributed by atoms with Gasteiger partial charge in [-0.25, -0.2) is 4.57 Å². The van der Waals surface area contributed by atoms with E-state index in [-0.39, 0.29) is 6.04 Å². The van der Waals surface area contributed by atoms with Crippen molar-refractivity contribution in [2.24, 2.45) is 0 Å². The Bertz CT molecular complexity index is 530. The highest BCUT2D eigenvalue weighted by molar-refractivity contribution is 7.59. The third-order valence-electron chi connectivity index (χ3n) is 3.38. The summed E-state index contributed by atoms with van der Waals surface area (Å²) in [5, 5.41) is 0. The number of pyridine rings is 1. The summed E-state index contributed by atoms with van der Waals surface area (Å²) in [5.41, 5.74) is 3.76. The zero-order chi connectivity index (χ0) is 14.4. The molecular weight excluding hydrogens is 275 g/mol. The molecule has 0 aromatic carbocycles. The normalized spacial score (nSPS) is 19.3. The first-order chi connectivity index (χ1) is 9.68. The summed E-state index contributed by atoms with van der Waals surface area (Å²) in [4.78, 5) is 6.16. The van der Waals surface area contributed by atoms with Crippen molar-refractivity contribution in [2.75, 3.05) is 20.8 Å². The Balaban J connectivity index is 2.21. The van der Waals surface area contributed by atoms with Crippen LogP contribution in [0.2, 0.25) is 0 Å². The van der Waals surface area contributed by atoms with E-state index in [1.807, 2.05) is 23.2 Å². The van der Waals surface area contributed by atoms with Gasteiger partial charge in [0.25, 0.3) is 0 Å². The molecule has 1 aromatic heterocycles. The molecule has 0 amide bonds. The van der Waals surface area contributed by atoms with Gasteiger partial charge in [0.1, 0.15) is 0 Å². The molecule has 0 spiro atoms. The summed E-state index contributed by atoms with van der Waals surface area (Å²) in [6, 6.07) is 7.11. The number of hydrogen-bond acceptors (Lipinski definition) is 5. The molecule has 5 nitrogen and oxygen atoms in total. The largest absolute Gasteiger partial charge is 0.406 e. The maximum Gasteiger partial charge on any atom is 0.406 e. The van der Waals surface area contributed by atoms with Gasteiger partial charge >= 0.3 is 7.60 Å². The minimum atomic E-state index is -3.28. The Labute approximate surface area is 119 Å². The van der Waals surface area contributed by atoms with Crippen LogP contribution in [0.5, 0.6) is 0 Å². The number of rotatable bonds is 3. The third-order valence-corrected chi connectivity index (χ3v) is 4.72. The molecule has 20 heavy (non-hydrogen) atoms. The topological polar surface area (TPSA) is 51.7 Å². The van der Waals surface area contributed by atoms with E-state index < -0.39 is 7.60 Å². The summed E-state index contributed by atoms with van der Waals surface area (Å²) >= 11 is 0. The zero-order valence-corrected chi connectivity index (χ0v) is 12.7. The molecule has 1 unspecified atom stereocenters. The zero-order valence-electron chi connectivity index (χ0n) is 11.8. The minimum absolute atomic E-state index is 0.187. The van der Waals surface area contributed by atoms with Crippen LogP contribution < -0.4 is 0 Å². The number of likely N-dealkylation sites (tertiary alicyclic amines) is 1. The molecule has 6 heteroatoms. The molecule has 2 rings (SSSR count). The number of aromatic nitrogens is 1. The molecule has 1 fully saturated rings. The summed E-state index contributed by atoms with van der Waals surface area (Å²) in [7, 11) is -0.602. The predicted molar refractivity (Wildman–Crippen MR) is 76.9 cm³/mol. The quantitative estimate of drug-likeness (QED) is 0.633. The van der Waals surface area contributed by atoms with Crippen molar-refractivity contribution >= 4 is 7.60 Å². The first-order valence-corrected chi connectivity index (χ1v) is 8.14. The van der Waals surface area contributed by atoms with E-state index in [4.69, 9.17) is 9.05 Å². The van der Waals surface area contributed by atoms with Crippen molar-refractivity contribution < 1.29 is 13.6 Å². The van der Waals surface area contributed by atoms with Crippen molar-refractivity contribution in [1.82, 2.24) is 9.88 Å². The predicted octanol–water partition coefficient (Wildman–Crippen LogP) is 3.01. The maximum absolute atomic E-state index is 12.0. The minimum Gasteiger partial charge on any atom is -0.325 e. The molecule has 1 aliphatic heterocycles. The lowest BCUT2D eigenvalue weighted by Crippen LogP contribution is -2.29. The van der Waals surface area contributed by atoms with Crippen LogP contribution >= 0.6 is 7.60 Å². The first kappa shape index (κ1) is 15.1. The van der Waals surface area contributed by atoms with Gasteiger partial charge in [-0.2, -0.15) is 0 Å². The number of hydrogen-bond donors (Lipinski definition) is 0. The number of nitrogens with zero attached hydrogens (tertiary/aromatic N) is 2. The lowest BCUT2D eigenvalue weighted by Gasteiger charge is -2.32. The molecule has 1 atom stereocenters. The fraction of sp³-hybridized carbons (Fsp3) is 0.500. The molecule has 0 saturated carbocycles. The highest BCUT2D eigenvalue weighted by Crippen LogP contribution is 2.45. The lowest BCUT2D eigenvalue weighted by atomic mass is 9.97. The highest BCUT2D eigenvalue weighted by Gasteiger charge is 2.23. The molecule has 0 radical (unpaired) electrons. The average Bonchev–Trinajstić information content (AvgIpc) is 2.54. The molecule has 0 N–H and O–H groups in total. The second-order valence-electron chi connectivity index (χ2n) is 4.58. The molecule has 2 heterocycles. The lowest BCUT2D eigenvalue weighted by molar-refractivity contribution is 0.230. The van der Waals surface area contributed by atoms with Crippen LogP contribution in [0.25, 0.3) is 0 Å². The van der Waals surface area contributed by atoms with Crippen molar-refractivity contribution in [3.63, 3.8) is 0 Å². The average molecular weight is 294 g/mol. The van der Waals surface area contributed by atoms with Gasteiger partial charge in [-0.3, -0.25) is 4.98 Å². The van der Waals surface area contributed by atoms with Gasteiger partial charge in [0.2, 0.25) is 0 Å². The van der Waals surface area contributed by atoms with E-state index in [0.29, 0.717) is 0 Å². The fourth-order valence-electron chi connectivity index (χ4n) is 2.28. The van der Waals surface area contributed by atoms with E-state index in [1.54, 1.807) is 6.20 Å². The van der Waals surface area contributed by atoms with E-state index in [0.717, 1.165) is 31.4 Å². The Morgan fingerprint density at radius 2 is 2.20 bits per heavy atom. The van der Waals surface area contributed by atoms with Gasteiger partial charge in [0.15, 0.2) is 0 Å². The second-order valence-corrected chi connectivity index (χ2v) is 6.53. The molecule has 1 saturated heterocycles. The van der Waals surface area contributed by atoms with Gasteiger partial charge in [0, 0.05) is 44.9 Å². The van der Waals surface area contributed by atoms with Crippen LogP contribution in [0.3, 0.4) is 0 Å². The van der Waals surface area contributed by atoms with Gasteiger partial charge in [-0.15, -0.1) is 0 Å². The van der Waals surface area contributed by atoms with Crippen LogP contribution in [-0.2, 0) is 13.6 Å². The Morgan fingerprint density at radius 1 is 1.40 bits per heavy atom. The molecule has 0 bridgehead atoms. The van der Waals surface area contributed by atoms with Crippen molar-refractivity contribution in [1.29, 1.82) is 0 Å². The van der Waals surface area contributed by atoms with Crippen LogP contribution in [-0.4, -0.2) is 30.6 Å². The molecule has 0 aliphatic carbocycles. The van der Waals surface area contributed by atoms with E-state index in [2.05, 4.69) is 16.7 Å². The summed E-state index contributed by atoms with van der Waals surface area (Å²) in [6.45, 7) is 0.847. The van der Waals surface area contributed by atoms with Crippen molar-refractivity contribution in [3.05, 3.63) is 30.1 Å². The summed E-state index contributed by atoms with van der Waals surface area (Å²) in [6.07, 6.45) is 6.87. The Kier molecular flexibility index (Phi) is 5.19. The molecule has 1 aromatic rings. The monoisotopic (exact) mass is 294 g/mol. The third kappa shape index (κ3) is 3.61. The summed E-state index contributed by atoms with van der Waals surface area (Å²) < 4.78 is 21.7. The number of piperidine rings is 1. The molecule has 1 aliphatic rings. The summed E-state index contributed by atoms with van der Waals surface area (Å²) in [5.74, 6) is 0. The van der Waals surface area contributed by atoms with E-state index in [1.165, 1.54) is 14.2 Å². The Morgan fingerprint density at radius 3 is 2.85 bits per heavy atom. The Hall–Kier alpha value is -1.34. The van der Waals surface area contributed by atoms with Gasteiger partial charge < -0.3 is 13.9 Å². The van der Waals surface area contributed by atoms with Crippen LogP contribution in [0.15, 0.2) is 24.5 Å². The standard InChI is InChI=1S/C14H19N2O3P/c1-18-20(17,19-2)11-10-16-9-4-3-7-14(16)13-6-5-8-15-12-13/h5-6,8,12,14H,3-4,7,9H2,1-2H3. The SMILES string of the molecule is COP(=O)(C#CN1CCCCC1c1cccnc1)OC. The first-order valence-electron chi connectivity index (χ1n) is 6.59. The van der Waals surface area contributed by atoms with Crippen LogP contribution in [0.1, 0.15) is 30.9 Å². The van der Waals surface area contributed by atoms with Gasteiger partial charge in [-0.05, 0) is 30.9 Å².